The summed E-state index contributed by atoms with van der Waals surface area (Å²) in [5.74, 6) is -1.51. The number of hydrogen-bond acceptors (Lipinski definition) is 4. The van der Waals surface area contributed by atoms with E-state index in [2.05, 4.69) is 25.8 Å². The Kier molecular flexibility index (Phi) is 5.79. The lowest BCUT2D eigenvalue weighted by atomic mass is 9.87. The number of amides is 1. The van der Waals surface area contributed by atoms with Crippen LogP contribution in [0, 0.1) is 0 Å². The maximum absolute atomic E-state index is 13.4. The van der Waals surface area contributed by atoms with Crippen molar-refractivity contribution in [3.63, 3.8) is 0 Å². The highest BCUT2D eigenvalue weighted by molar-refractivity contribution is 6.51. The number of aromatic nitrogens is 1. The molecule has 0 spiro atoms. The molecule has 0 saturated carbocycles. The number of pyridine rings is 1. The van der Waals surface area contributed by atoms with E-state index in [9.17, 15) is 14.7 Å². The number of benzene rings is 2. The zero-order valence-corrected chi connectivity index (χ0v) is 20.4. The van der Waals surface area contributed by atoms with Crippen LogP contribution in [-0.4, -0.2) is 21.8 Å². The molecular formula is C30H30N2O3. The number of aliphatic hydroxyl groups excluding tert-OH is 1. The predicted molar refractivity (Wildman–Crippen MR) is 137 cm³/mol. The SMILES string of the molecule is CC(C)(C)c1ccc(N2C(=O)C(=O)/C(=C(\O)c3ccc4c(c3)CCCC4)C2c2ccccn2)cc1. The van der Waals surface area contributed by atoms with Crippen molar-refractivity contribution in [2.45, 2.75) is 57.9 Å². The molecule has 1 aromatic heterocycles. The van der Waals surface area contributed by atoms with E-state index in [1.807, 2.05) is 48.5 Å². The van der Waals surface area contributed by atoms with Crippen LogP contribution in [0.2, 0.25) is 0 Å². The third-order valence-corrected chi connectivity index (χ3v) is 7.05. The van der Waals surface area contributed by atoms with E-state index >= 15 is 0 Å². The maximum Gasteiger partial charge on any atom is 0.300 e. The molecule has 2 heterocycles. The molecule has 35 heavy (non-hydrogen) atoms. The Morgan fingerprint density at radius 3 is 2.31 bits per heavy atom. The Morgan fingerprint density at radius 2 is 1.66 bits per heavy atom. The van der Waals surface area contributed by atoms with Gasteiger partial charge in [0.15, 0.2) is 0 Å². The molecule has 178 valence electrons. The summed E-state index contributed by atoms with van der Waals surface area (Å²) in [5.41, 5.74) is 5.33. The molecule has 5 rings (SSSR count). The molecule has 1 amide bonds. The van der Waals surface area contributed by atoms with Crippen molar-refractivity contribution < 1.29 is 14.7 Å². The fourth-order valence-corrected chi connectivity index (χ4v) is 5.07. The molecular weight excluding hydrogens is 436 g/mol. The largest absolute Gasteiger partial charge is 0.507 e. The third-order valence-electron chi connectivity index (χ3n) is 7.05. The van der Waals surface area contributed by atoms with E-state index in [-0.39, 0.29) is 16.7 Å². The van der Waals surface area contributed by atoms with E-state index < -0.39 is 17.7 Å². The average Bonchev–Trinajstić information content (AvgIpc) is 3.13. The Bertz CT molecular complexity index is 1320. The predicted octanol–water partition coefficient (Wildman–Crippen LogP) is 5.88. The van der Waals surface area contributed by atoms with Gasteiger partial charge in [-0.3, -0.25) is 19.5 Å². The van der Waals surface area contributed by atoms with Gasteiger partial charge in [-0.1, -0.05) is 51.1 Å². The third kappa shape index (κ3) is 4.16. The Hall–Kier alpha value is -3.73. The summed E-state index contributed by atoms with van der Waals surface area (Å²) in [5, 5.41) is 11.4. The van der Waals surface area contributed by atoms with Crippen LogP contribution >= 0.6 is 0 Å². The molecule has 1 aliphatic carbocycles. The van der Waals surface area contributed by atoms with Gasteiger partial charge in [0.05, 0.1) is 11.3 Å². The van der Waals surface area contributed by atoms with E-state index in [0.29, 0.717) is 16.9 Å². The summed E-state index contributed by atoms with van der Waals surface area (Å²) in [6.45, 7) is 6.38. The van der Waals surface area contributed by atoms with Gasteiger partial charge in [-0.15, -0.1) is 0 Å². The molecule has 1 saturated heterocycles. The molecule has 1 atom stereocenters. The number of fused-ring (bicyclic) bond motifs is 1. The van der Waals surface area contributed by atoms with Crippen LogP contribution < -0.4 is 4.90 Å². The van der Waals surface area contributed by atoms with Gasteiger partial charge in [0, 0.05) is 17.4 Å². The molecule has 2 aromatic carbocycles. The molecule has 0 bridgehead atoms. The second kappa shape index (κ2) is 8.81. The summed E-state index contributed by atoms with van der Waals surface area (Å²) in [4.78, 5) is 32.6. The van der Waals surface area contributed by atoms with Gasteiger partial charge in [0.2, 0.25) is 0 Å². The van der Waals surface area contributed by atoms with Crippen LogP contribution in [0.1, 0.15) is 67.6 Å². The van der Waals surface area contributed by atoms with Crippen molar-refractivity contribution >= 4 is 23.1 Å². The van der Waals surface area contributed by atoms with E-state index in [4.69, 9.17) is 0 Å². The van der Waals surface area contributed by atoms with E-state index in [0.717, 1.165) is 31.2 Å². The maximum atomic E-state index is 13.4. The first-order chi connectivity index (χ1) is 16.8. The highest BCUT2D eigenvalue weighted by atomic mass is 16.3. The molecule has 1 aliphatic heterocycles. The minimum absolute atomic E-state index is 0.0421. The highest BCUT2D eigenvalue weighted by Crippen LogP contribution is 2.42. The van der Waals surface area contributed by atoms with E-state index in [1.54, 1.807) is 18.3 Å². The Balaban J connectivity index is 1.65. The summed E-state index contributed by atoms with van der Waals surface area (Å²) in [7, 11) is 0. The zero-order valence-electron chi connectivity index (χ0n) is 20.4. The monoisotopic (exact) mass is 466 g/mol. The number of rotatable bonds is 3. The molecule has 2 aliphatic rings. The van der Waals surface area contributed by atoms with Crippen molar-refractivity contribution in [2.75, 3.05) is 4.90 Å². The number of hydrogen-bond donors (Lipinski definition) is 1. The number of anilines is 1. The van der Waals surface area contributed by atoms with Crippen LogP contribution in [0.25, 0.3) is 5.76 Å². The van der Waals surface area contributed by atoms with Gasteiger partial charge in [-0.05, 0) is 78.1 Å². The van der Waals surface area contributed by atoms with Gasteiger partial charge >= 0.3 is 0 Å². The number of carbonyl (C=O) groups excluding carboxylic acids is 2. The zero-order chi connectivity index (χ0) is 24.7. The van der Waals surface area contributed by atoms with Crippen molar-refractivity contribution in [1.82, 2.24) is 4.98 Å². The number of aryl methyl sites for hydroxylation is 2. The van der Waals surface area contributed by atoms with Crippen molar-refractivity contribution in [3.8, 4) is 0 Å². The first-order valence-corrected chi connectivity index (χ1v) is 12.2. The minimum Gasteiger partial charge on any atom is -0.507 e. The van der Waals surface area contributed by atoms with Gasteiger partial charge in [-0.25, -0.2) is 0 Å². The van der Waals surface area contributed by atoms with Gasteiger partial charge in [-0.2, -0.15) is 0 Å². The summed E-state index contributed by atoms with van der Waals surface area (Å²) in [6, 6.07) is 18.1. The molecule has 1 N–H and O–H groups in total. The van der Waals surface area contributed by atoms with Gasteiger partial charge in [0.1, 0.15) is 11.8 Å². The normalized spacial score (nSPS) is 19.6. The van der Waals surface area contributed by atoms with Gasteiger partial charge < -0.3 is 5.11 Å². The second-order valence-corrected chi connectivity index (χ2v) is 10.4. The fourth-order valence-electron chi connectivity index (χ4n) is 5.07. The molecule has 5 heteroatoms. The number of carbonyl (C=O) groups is 2. The van der Waals surface area contributed by atoms with E-state index in [1.165, 1.54) is 16.0 Å². The van der Waals surface area contributed by atoms with Gasteiger partial charge in [0.25, 0.3) is 11.7 Å². The summed E-state index contributed by atoms with van der Waals surface area (Å²) >= 11 is 0. The summed E-state index contributed by atoms with van der Waals surface area (Å²) < 4.78 is 0. The quantitative estimate of drug-likeness (QED) is 0.297. The second-order valence-electron chi connectivity index (χ2n) is 10.4. The van der Waals surface area contributed by atoms with Crippen LogP contribution in [0.15, 0.2) is 72.4 Å². The van der Waals surface area contributed by atoms with Crippen LogP contribution in [0.3, 0.4) is 0 Å². The number of Topliss-reactive ketones (excluding diaryl/α,β-unsaturated/α-hetero) is 1. The topological polar surface area (TPSA) is 70.5 Å². The van der Waals surface area contributed by atoms with Crippen molar-refractivity contribution in [2.24, 2.45) is 0 Å². The molecule has 1 unspecified atom stereocenters. The lowest BCUT2D eigenvalue weighted by Crippen LogP contribution is -2.30. The minimum atomic E-state index is -0.812. The Morgan fingerprint density at radius 1 is 0.943 bits per heavy atom. The number of ketones is 1. The molecule has 1 fully saturated rings. The van der Waals surface area contributed by atoms with Crippen LogP contribution in [-0.2, 0) is 27.8 Å². The average molecular weight is 467 g/mol. The smallest absolute Gasteiger partial charge is 0.300 e. The first kappa shape index (κ1) is 23.0. The van der Waals surface area contributed by atoms with Crippen LogP contribution in [0.4, 0.5) is 5.69 Å². The first-order valence-electron chi connectivity index (χ1n) is 12.2. The number of aliphatic hydroxyl groups is 1. The lowest BCUT2D eigenvalue weighted by Gasteiger charge is -2.26. The molecule has 0 radical (unpaired) electrons. The highest BCUT2D eigenvalue weighted by Gasteiger charge is 2.47. The molecule has 5 nitrogen and oxygen atoms in total. The number of nitrogens with zero attached hydrogens (tertiary/aromatic N) is 2. The summed E-state index contributed by atoms with van der Waals surface area (Å²) in [6.07, 6.45) is 5.89. The van der Waals surface area contributed by atoms with Crippen molar-refractivity contribution in [3.05, 3.63) is 100 Å². The Labute approximate surface area is 206 Å². The van der Waals surface area contributed by atoms with Crippen molar-refractivity contribution in [1.29, 1.82) is 0 Å². The standard InChI is InChI=1S/C30H30N2O3/c1-30(2,3)22-13-15-23(16-14-22)32-26(24-10-6-7-17-31-24)25(28(34)29(32)35)27(33)21-12-11-19-8-4-5-9-20(19)18-21/h6-7,10-18,26,33H,4-5,8-9H2,1-3H3/b27-25-. The fraction of sp³-hybridized carbons (Fsp3) is 0.300. The lowest BCUT2D eigenvalue weighted by molar-refractivity contribution is -0.132. The molecule has 3 aromatic rings. The van der Waals surface area contributed by atoms with Crippen LogP contribution in [0.5, 0.6) is 0 Å².